The van der Waals surface area contributed by atoms with Gasteiger partial charge in [-0.05, 0) is 52.4 Å². The first kappa shape index (κ1) is 24.9. The van der Waals surface area contributed by atoms with E-state index in [4.69, 9.17) is 9.73 Å². The molecule has 1 saturated carbocycles. The van der Waals surface area contributed by atoms with Gasteiger partial charge < -0.3 is 15.0 Å². The van der Waals surface area contributed by atoms with Gasteiger partial charge in [0, 0.05) is 39.4 Å². The highest BCUT2D eigenvalue weighted by atomic mass is 127. The van der Waals surface area contributed by atoms with Crippen molar-refractivity contribution in [1.82, 2.24) is 10.2 Å². The molecule has 1 aliphatic heterocycles. The molecule has 2 fully saturated rings. The minimum atomic E-state index is -3.04. The molecule has 2 rings (SSSR count). The van der Waals surface area contributed by atoms with E-state index in [-0.39, 0.29) is 35.1 Å². The number of sulfone groups is 1. The maximum Gasteiger partial charge on any atom is 0.194 e. The molecular weight excluding hydrogens is 477 g/mol. The number of guanidine groups is 1. The minimum Gasteiger partial charge on any atom is -0.382 e. The van der Waals surface area contributed by atoms with Crippen LogP contribution in [0.2, 0.25) is 0 Å². The fraction of sp³-hybridized carbons (Fsp3) is 0.947. The highest BCUT2D eigenvalue weighted by Gasteiger charge is 2.41. The van der Waals surface area contributed by atoms with Crippen LogP contribution < -0.4 is 5.32 Å². The Morgan fingerprint density at radius 2 is 1.89 bits per heavy atom. The van der Waals surface area contributed by atoms with Crippen LogP contribution in [0.5, 0.6) is 0 Å². The topological polar surface area (TPSA) is 71.0 Å². The first-order chi connectivity index (χ1) is 12.3. The Hall–Kier alpha value is -0.0900. The molecule has 0 atom stereocenters. The van der Waals surface area contributed by atoms with E-state index in [1.807, 2.05) is 20.8 Å². The summed E-state index contributed by atoms with van der Waals surface area (Å²) in [7, 11) is -3.04. The molecule has 0 aromatic rings. The summed E-state index contributed by atoms with van der Waals surface area (Å²) in [6.07, 6.45) is 6.02. The molecule has 6 nitrogen and oxygen atoms in total. The Labute approximate surface area is 182 Å². The molecule has 0 aromatic carbocycles. The zero-order valence-electron chi connectivity index (χ0n) is 17.4. The minimum absolute atomic E-state index is 0. The number of aliphatic imine (C=N–C) groups is 1. The number of nitrogens with one attached hydrogen (secondary N) is 1. The molecule has 2 aliphatic rings. The van der Waals surface area contributed by atoms with Gasteiger partial charge in [-0.1, -0.05) is 12.8 Å². The van der Waals surface area contributed by atoms with Crippen LogP contribution in [0.15, 0.2) is 4.99 Å². The fourth-order valence-corrected chi connectivity index (χ4v) is 5.40. The lowest BCUT2D eigenvalue weighted by molar-refractivity contribution is 0.107. The summed E-state index contributed by atoms with van der Waals surface area (Å²) in [6.45, 7) is 11.9. The van der Waals surface area contributed by atoms with Crippen LogP contribution in [0.1, 0.15) is 59.8 Å². The maximum atomic E-state index is 12.3. The normalized spacial score (nSPS) is 23.7. The van der Waals surface area contributed by atoms with E-state index in [0.29, 0.717) is 13.1 Å². The van der Waals surface area contributed by atoms with Crippen LogP contribution >= 0.6 is 24.0 Å². The number of hydrogen-bond donors (Lipinski definition) is 1. The monoisotopic (exact) mass is 515 g/mol. The first-order valence-electron chi connectivity index (χ1n) is 10.1. The van der Waals surface area contributed by atoms with Gasteiger partial charge in [-0.2, -0.15) is 0 Å². The maximum absolute atomic E-state index is 12.3. The highest BCUT2D eigenvalue weighted by Crippen LogP contribution is 2.41. The van der Waals surface area contributed by atoms with Gasteiger partial charge in [-0.25, -0.2) is 8.42 Å². The van der Waals surface area contributed by atoms with Crippen molar-refractivity contribution in [3.8, 4) is 0 Å². The zero-order valence-corrected chi connectivity index (χ0v) is 20.6. The second kappa shape index (κ2) is 10.6. The smallest absolute Gasteiger partial charge is 0.194 e. The van der Waals surface area contributed by atoms with Crippen molar-refractivity contribution in [3.05, 3.63) is 0 Å². The van der Waals surface area contributed by atoms with Gasteiger partial charge in [-0.15, -0.1) is 24.0 Å². The lowest BCUT2D eigenvalue weighted by atomic mass is 9.83. The standard InChI is InChI=1S/C19H37N3O3S.HI/c1-5-20-17(22-12-14-26(23,24)18(3,4)16-22)21-15-19(9-7-8-10-19)11-13-25-6-2;/h5-16H2,1-4H3,(H,20,21);1H. The van der Waals surface area contributed by atoms with Crippen molar-refractivity contribution in [2.24, 2.45) is 10.4 Å². The third-order valence-electron chi connectivity index (χ3n) is 5.89. The van der Waals surface area contributed by atoms with Crippen molar-refractivity contribution < 1.29 is 13.2 Å². The van der Waals surface area contributed by atoms with E-state index in [1.54, 1.807) is 0 Å². The average molecular weight is 516 g/mol. The van der Waals surface area contributed by atoms with Crippen LogP contribution in [-0.2, 0) is 14.6 Å². The molecule has 0 amide bonds. The molecular formula is C19H38IN3O3S. The fourth-order valence-electron chi connectivity index (χ4n) is 4.04. The van der Waals surface area contributed by atoms with Gasteiger partial charge in [0.15, 0.2) is 15.8 Å². The van der Waals surface area contributed by atoms with Crippen molar-refractivity contribution in [2.75, 3.05) is 45.1 Å². The van der Waals surface area contributed by atoms with Gasteiger partial charge in [-0.3, -0.25) is 4.99 Å². The van der Waals surface area contributed by atoms with Crippen LogP contribution in [0.4, 0.5) is 0 Å². The van der Waals surface area contributed by atoms with Crippen molar-refractivity contribution in [1.29, 1.82) is 0 Å². The number of ether oxygens (including phenoxy) is 1. The van der Waals surface area contributed by atoms with Crippen molar-refractivity contribution in [3.63, 3.8) is 0 Å². The lowest BCUT2D eigenvalue weighted by Gasteiger charge is -2.39. The molecule has 0 aromatic heterocycles. The summed E-state index contributed by atoms with van der Waals surface area (Å²) in [5, 5.41) is 3.38. The van der Waals surface area contributed by atoms with E-state index in [9.17, 15) is 8.42 Å². The quantitative estimate of drug-likeness (QED) is 0.244. The van der Waals surface area contributed by atoms with Gasteiger partial charge in [0.25, 0.3) is 0 Å². The van der Waals surface area contributed by atoms with E-state index in [2.05, 4.69) is 17.1 Å². The van der Waals surface area contributed by atoms with Gasteiger partial charge in [0.1, 0.15) is 0 Å². The molecule has 1 aliphatic carbocycles. The number of halogens is 1. The van der Waals surface area contributed by atoms with Crippen LogP contribution in [0.3, 0.4) is 0 Å². The summed E-state index contributed by atoms with van der Waals surface area (Å²) >= 11 is 0. The van der Waals surface area contributed by atoms with E-state index >= 15 is 0 Å². The summed E-state index contributed by atoms with van der Waals surface area (Å²) in [6, 6.07) is 0. The second-order valence-electron chi connectivity index (χ2n) is 8.32. The average Bonchev–Trinajstić information content (AvgIpc) is 3.04. The van der Waals surface area contributed by atoms with Crippen LogP contribution in [-0.4, -0.2) is 69.2 Å². The Bertz CT molecular complexity index is 587. The summed E-state index contributed by atoms with van der Waals surface area (Å²) in [5.41, 5.74) is 0.243. The number of hydrogen-bond acceptors (Lipinski definition) is 4. The SMILES string of the molecule is CCNC(=NCC1(CCOCC)CCCC1)N1CCS(=O)(=O)C(C)(C)C1.I. The molecule has 1 heterocycles. The molecule has 1 N–H and O–H groups in total. The Morgan fingerprint density at radius 1 is 1.22 bits per heavy atom. The van der Waals surface area contributed by atoms with Crippen molar-refractivity contribution in [2.45, 2.75) is 64.5 Å². The lowest BCUT2D eigenvalue weighted by Crippen LogP contribution is -2.57. The highest BCUT2D eigenvalue weighted by molar-refractivity contribution is 14.0. The zero-order chi connectivity index (χ0) is 19.3. The van der Waals surface area contributed by atoms with Gasteiger partial charge in [0.05, 0.1) is 10.5 Å². The van der Waals surface area contributed by atoms with E-state index in [0.717, 1.165) is 38.7 Å². The summed E-state index contributed by atoms with van der Waals surface area (Å²) < 4.78 is 29.5. The van der Waals surface area contributed by atoms with E-state index < -0.39 is 14.6 Å². The van der Waals surface area contributed by atoms with Crippen LogP contribution in [0.25, 0.3) is 0 Å². The molecule has 0 spiro atoms. The Balaban J connectivity index is 0.00000364. The molecule has 27 heavy (non-hydrogen) atoms. The predicted molar refractivity (Wildman–Crippen MR) is 123 cm³/mol. The molecule has 1 saturated heterocycles. The molecule has 0 radical (unpaired) electrons. The molecule has 0 bridgehead atoms. The summed E-state index contributed by atoms with van der Waals surface area (Å²) in [4.78, 5) is 7.09. The number of nitrogens with zero attached hydrogens (tertiary/aromatic N) is 2. The second-order valence-corrected chi connectivity index (χ2v) is 11.1. The molecule has 160 valence electrons. The first-order valence-corrected chi connectivity index (χ1v) is 11.7. The predicted octanol–water partition coefficient (Wildman–Crippen LogP) is 3.07. The Morgan fingerprint density at radius 3 is 2.44 bits per heavy atom. The van der Waals surface area contributed by atoms with Gasteiger partial charge >= 0.3 is 0 Å². The molecule has 8 heteroatoms. The molecule has 0 unspecified atom stereocenters. The third-order valence-corrected chi connectivity index (χ3v) is 8.42. The summed E-state index contributed by atoms with van der Waals surface area (Å²) in [5.74, 6) is 1.05. The third kappa shape index (κ3) is 6.45. The Kier molecular flexibility index (Phi) is 9.81. The van der Waals surface area contributed by atoms with Crippen LogP contribution in [0, 0.1) is 5.41 Å². The van der Waals surface area contributed by atoms with E-state index in [1.165, 1.54) is 25.7 Å². The largest absolute Gasteiger partial charge is 0.382 e. The number of rotatable bonds is 7. The van der Waals surface area contributed by atoms with Gasteiger partial charge in [0.2, 0.25) is 0 Å². The van der Waals surface area contributed by atoms with Crippen molar-refractivity contribution >= 4 is 39.8 Å².